The Morgan fingerprint density at radius 2 is 2.00 bits per heavy atom. The van der Waals surface area contributed by atoms with Gasteiger partial charge in [0.2, 0.25) is 0 Å². The Morgan fingerprint density at radius 3 is 2.63 bits per heavy atom. The van der Waals surface area contributed by atoms with Gasteiger partial charge in [0.05, 0.1) is 0 Å². The summed E-state index contributed by atoms with van der Waals surface area (Å²) in [6, 6.07) is 5.48. The van der Waals surface area contributed by atoms with Crippen molar-refractivity contribution in [1.82, 2.24) is 0 Å². The third-order valence-corrected chi connectivity index (χ3v) is 5.77. The van der Waals surface area contributed by atoms with E-state index in [0.29, 0.717) is 16.9 Å². The fourth-order valence-corrected chi connectivity index (χ4v) is 4.57. The van der Waals surface area contributed by atoms with Crippen LogP contribution in [0.4, 0.5) is 10.1 Å². The molecular formula is C17H24FN. The molecule has 2 heteroatoms. The van der Waals surface area contributed by atoms with Crippen LogP contribution >= 0.6 is 0 Å². The number of fused-ring (bicyclic) bond motifs is 2. The maximum absolute atomic E-state index is 13.5. The van der Waals surface area contributed by atoms with Gasteiger partial charge in [-0.15, -0.1) is 0 Å². The van der Waals surface area contributed by atoms with Crippen LogP contribution in [0.3, 0.4) is 0 Å². The van der Waals surface area contributed by atoms with Gasteiger partial charge in [0.1, 0.15) is 5.82 Å². The Bertz CT molecular complexity index is 503. The highest BCUT2D eigenvalue weighted by Gasteiger charge is 2.59. The topological polar surface area (TPSA) is 12.0 Å². The van der Waals surface area contributed by atoms with E-state index in [-0.39, 0.29) is 5.82 Å². The predicted octanol–water partition coefficient (Wildman–Crippen LogP) is 4.76. The lowest BCUT2D eigenvalue weighted by Gasteiger charge is -2.44. The molecule has 1 N–H and O–H groups in total. The van der Waals surface area contributed by atoms with E-state index < -0.39 is 0 Å². The largest absolute Gasteiger partial charge is 0.381 e. The van der Waals surface area contributed by atoms with Crippen molar-refractivity contribution in [2.75, 3.05) is 5.32 Å². The Labute approximate surface area is 115 Å². The Hall–Kier alpha value is -1.05. The van der Waals surface area contributed by atoms with Gasteiger partial charge in [-0.25, -0.2) is 4.39 Å². The molecule has 19 heavy (non-hydrogen) atoms. The summed E-state index contributed by atoms with van der Waals surface area (Å²) in [7, 11) is 0. The maximum Gasteiger partial charge on any atom is 0.125 e. The number of hydrogen-bond acceptors (Lipinski definition) is 1. The van der Waals surface area contributed by atoms with E-state index in [4.69, 9.17) is 0 Å². The number of halogens is 1. The molecule has 0 spiro atoms. The van der Waals surface area contributed by atoms with E-state index in [2.05, 4.69) is 26.1 Å². The van der Waals surface area contributed by atoms with E-state index in [1.165, 1.54) is 25.3 Å². The summed E-state index contributed by atoms with van der Waals surface area (Å²) >= 11 is 0. The third kappa shape index (κ3) is 1.87. The van der Waals surface area contributed by atoms with Gasteiger partial charge in [0, 0.05) is 11.7 Å². The number of anilines is 1. The number of nitrogens with one attached hydrogen (secondary N) is 1. The first-order valence-corrected chi connectivity index (χ1v) is 7.36. The highest BCUT2D eigenvalue weighted by molar-refractivity contribution is 5.52. The maximum atomic E-state index is 13.5. The fraction of sp³-hybridized carbons (Fsp3) is 0.647. The molecule has 2 aliphatic carbocycles. The molecule has 2 saturated carbocycles. The van der Waals surface area contributed by atoms with Gasteiger partial charge in [-0.2, -0.15) is 0 Å². The van der Waals surface area contributed by atoms with Gasteiger partial charge in [0.25, 0.3) is 0 Å². The molecule has 1 unspecified atom stereocenters. The first-order chi connectivity index (χ1) is 8.83. The summed E-state index contributed by atoms with van der Waals surface area (Å²) < 4.78 is 13.5. The van der Waals surface area contributed by atoms with Gasteiger partial charge < -0.3 is 5.32 Å². The molecule has 1 nitrogen and oxygen atoms in total. The van der Waals surface area contributed by atoms with Crippen molar-refractivity contribution in [3.05, 3.63) is 29.6 Å². The summed E-state index contributed by atoms with van der Waals surface area (Å²) in [4.78, 5) is 0. The molecular weight excluding hydrogens is 237 g/mol. The molecule has 3 atom stereocenters. The SMILES string of the molecule is Cc1ccc(F)cc1NC1C(C)(C)[C@H]2CC[C@]1(C)C2. The molecule has 0 radical (unpaired) electrons. The summed E-state index contributed by atoms with van der Waals surface area (Å²) in [5, 5.41) is 3.67. The van der Waals surface area contributed by atoms with Crippen LogP contribution in [0, 0.1) is 29.5 Å². The second kappa shape index (κ2) is 3.97. The van der Waals surface area contributed by atoms with E-state index in [1.807, 2.05) is 13.0 Å². The Morgan fingerprint density at radius 1 is 1.26 bits per heavy atom. The quantitative estimate of drug-likeness (QED) is 0.809. The molecule has 0 saturated heterocycles. The molecule has 0 aromatic heterocycles. The van der Waals surface area contributed by atoms with Gasteiger partial charge in [0.15, 0.2) is 0 Å². The van der Waals surface area contributed by atoms with Crippen molar-refractivity contribution in [1.29, 1.82) is 0 Å². The van der Waals surface area contributed by atoms with Crippen LogP contribution in [0.2, 0.25) is 0 Å². The fourth-order valence-electron chi connectivity index (χ4n) is 4.57. The lowest BCUT2D eigenvalue weighted by atomic mass is 9.68. The minimum Gasteiger partial charge on any atom is -0.381 e. The average molecular weight is 261 g/mol. The zero-order valence-corrected chi connectivity index (χ0v) is 12.4. The average Bonchev–Trinajstić information content (AvgIpc) is 2.80. The summed E-state index contributed by atoms with van der Waals surface area (Å²) in [6.45, 7) is 9.18. The van der Waals surface area contributed by atoms with Gasteiger partial charge in [-0.05, 0) is 60.6 Å². The zero-order valence-electron chi connectivity index (χ0n) is 12.4. The van der Waals surface area contributed by atoms with Crippen LogP contribution in [0.15, 0.2) is 18.2 Å². The molecule has 1 aromatic rings. The van der Waals surface area contributed by atoms with Crippen molar-refractivity contribution in [2.45, 2.75) is 53.0 Å². The Kier molecular flexibility index (Phi) is 2.71. The lowest BCUT2D eigenvalue weighted by Crippen LogP contribution is -2.45. The summed E-state index contributed by atoms with van der Waals surface area (Å²) in [5.74, 6) is 0.656. The van der Waals surface area contributed by atoms with Crippen molar-refractivity contribution >= 4 is 5.69 Å². The molecule has 1 aromatic carbocycles. The van der Waals surface area contributed by atoms with Gasteiger partial charge in [-0.1, -0.05) is 26.8 Å². The van der Waals surface area contributed by atoms with E-state index in [9.17, 15) is 4.39 Å². The molecule has 0 amide bonds. The number of rotatable bonds is 2. The number of hydrogen-bond donors (Lipinski definition) is 1. The predicted molar refractivity (Wildman–Crippen MR) is 77.8 cm³/mol. The highest BCUT2D eigenvalue weighted by atomic mass is 19.1. The first-order valence-electron chi connectivity index (χ1n) is 7.36. The second-order valence-electron chi connectivity index (χ2n) is 7.45. The van der Waals surface area contributed by atoms with Crippen LogP contribution in [0.5, 0.6) is 0 Å². The number of benzene rings is 1. The van der Waals surface area contributed by atoms with Crippen molar-refractivity contribution < 1.29 is 4.39 Å². The van der Waals surface area contributed by atoms with Crippen LogP contribution in [0.1, 0.15) is 45.6 Å². The first kappa shape index (κ1) is 13.0. The van der Waals surface area contributed by atoms with E-state index >= 15 is 0 Å². The standard InChI is InChI=1S/C17H24FN/c1-11-5-6-13(18)9-14(11)19-15-16(2,3)12-7-8-17(15,4)10-12/h5-6,9,12,15,19H,7-8,10H2,1-4H3/t12-,15?,17+/m0/s1. The monoisotopic (exact) mass is 261 g/mol. The molecule has 0 heterocycles. The molecule has 3 rings (SSSR count). The summed E-state index contributed by atoms with van der Waals surface area (Å²) in [5.41, 5.74) is 2.76. The minimum atomic E-state index is -0.154. The normalized spacial score (nSPS) is 35.6. The minimum absolute atomic E-state index is 0.154. The van der Waals surface area contributed by atoms with Crippen LogP contribution in [-0.4, -0.2) is 6.04 Å². The van der Waals surface area contributed by atoms with Crippen LogP contribution in [-0.2, 0) is 0 Å². The van der Waals surface area contributed by atoms with Crippen molar-refractivity contribution in [2.24, 2.45) is 16.7 Å². The van der Waals surface area contributed by atoms with Crippen LogP contribution in [0.25, 0.3) is 0 Å². The van der Waals surface area contributed by atoms with E-state index in [0.717, 1.165) is 17.2 Å². The highest BCUT2D eigenvalue weighted by Crippen LogP contribution is 2.63. The molecule has 2 aliphatic rings. The zero-order chi connectivity index (χ0) is 13.8. The van der Waals surface area contributed by atoms with Crippen molar-refractivity contribution in [3.8, 4) is 0 Å². The van der Waals surface area contributed by atoms with Crippen molar-refractivity contribution in [3.63, 3.8) is 0 Å². The van der Waals surface area contributed by atoms with E-state index in [1.54, 1.807) is 6.07 Å². The number of aryl methyl sites for hydroxylation is 1. The second-order valence-corrected chi connectivity index (χ2v) is 7.45. The smallest absolute Gasteiger partial charge is 0.125 e. The molecule has 2 bridgehead atoms. The molecule has 0 aliphatic heterocycles. The van der Waals surface area contributed by atoms with Gasteiger partial charge in [-0.3, -0.25) is 0 Å². The van der Waals surface area contributed by atoms with Crippen LogP contribution < -0.4 is 5.32 Å². The lowest BCUT2D eigenvalue weighted by molar-refractivity contribution is 0.155. The van der Waals surface area contributed by atoms with Gasteiger partial charge >= 0.3 is 0 Å². The summed E-state index contributed by atoms with van der Waals surface area (Å²) in [6.07, 6.45) is 3.96. The third-order valence-electron chi connectivity index (χ3n) is 5.77. The Balaban J connectivity index is 1.92. The molecule has 2 fully saturated rings. The molecule has 104 valence electrons.